The van der Waals surface area contributed by atoms with E-state index in [1.54, 1.807) is 0 Å². The van der Waals surface area contributed by atoms with Gasteiger partial charge in [-0.1, -0.05) is 50.2 Å². The summed E-state index contributed by atoms with van der Waals surface area (Å²) in [6, 6.07) is 13.6. The van der Waals surface area contributed by atoms with Crippen molar-refractivity contribution < 1.29 is 19.4 Å². The molecule has 2 rings (SSSR count). The maximum absolute atomic E-state index is 12.9. The van der Waals surface area contributed by atoms with Crippen LogP contribution in [0.25, 0.3) is 10.8 Å². The minimum Gasteiger partial charge on any atom is -0.480 e. The SMILES string of the molecule is CC(C)CC(C)(C(=O)O)P(=O)(O)CSc1cccc2ccccc12. The predicted octanol–water partition coefficient (Wildman–Crippen LogP) is 5.05. The normalized spacial score (nSPS) is 16.7. The maximum atomic E-state index is 12.9. The Morgan fingerprint density at radius 1 is 1.21 bits per heavy atom. The molecule has 6 heteroatoms. The molecule has 4 nitrogen and oxygen atoms in total. The minimum atomic E-state index is -3.90. The number of carboxylic acids is 1. The lowest BCUT2D eigenvalue weighted by Crippen LogP contribution is -2.37. The zero-order chi connectivity index (χ0) is 18.0. The van der Waals surface area contributed by atoms with Crippen LogP contribution in [0.2, 0.25) is 0 Å². The molecule has 0 aliphatic carbocycles. The van der Waals surface area contributed by atoms with Crippen LogP contribution in [0.4, 0.5) is 0 Å². The van der Waals surface area contributed by atoms with Crippen molar-refractivity contribution in [2.45, 2.75) is 37.2 Å². The summed E-state index contributed by atoms with van der Waals surface area (Å²) >= 11 is 1.25. The van der Waals surface area contributed by atoms with Crippen LogP contribution in [0.1, 0.15) is 27.2 Å². The summed E-state index contributed by atoms with van der Waals surface area (Å²) in [5, 5.41) is 9.98. The summed E-state index contributed by atoms with van der Waals surface area (Å²) in [6.45, 7) is 5.11. The predicted molar refractivity (Wildman–Crippen MR) is 100.0 cm³/mol. The Hall–Kier alpha value is -1.29. The van der Waals surface area contributed by atoms with Gasteiger partial charge in [0.15, 0.2) is 0 Å². The first-order valence-electron chi connectivity index (χ1n) is 7.83. The van der Waals surface area contributed by atoms with Crippen molar-refractivity contribution in [2.24, 2.45) is 5.92 Å². The lowest BCUT2D eigenvalue weighted by atomic mass is 9.98. The Bertz CT molecular complexity index is 784. The molecule has 0 spiro atoms. The summed E-state index contributed by atoms with van der Waals surface area (Å²) in [5.74, 6) is -1.19. The molecule has 0 radical (unpaired) electrons. The smallest absolute Gasteiger partial charge is 0.319 e. The molecule has 2 aromatic rings. The summed E-state index contributed by atoms with van der Waals surface area (Å²) in [6.07, 6.45) is 0.173. The number of carbonyl (C=O) groups is 1. The molecule has 0 heterocycles. The molecule has 0 saturated heterocycles. The van der Waals surface area contributed by atoms with Gasteiger partial charge >= 0.3 is 5.97 Å². The molecule has 2 unspecified atom stereocenters. The molecule has 0 fully saturated rings. The fourth-order valence-corrected chi connectivity index (χ4v) is 6.66. The number of carboxylic acid groups (broad SMARTS) is 1. The molecule has 2 aromatic carbocycles. The third-order valence-corrected chi connectivity index (χ3v) is 8.68. The van der Waals surface area contributed by atoms with E-state index in [1.807, 2.05) is 56.3 Å². The summed E-state index contributed by atoms with van der Waals surface area (Å²) in [5.41, 5.74) is -0.115. The lowest BCUT2D eigenvalue weighted by molar-refractivity contribution is -0.140. The number of rotatable bonds is 7. The van der Waals surface area contributed by atoms with E-state index in [9.17, 15) is 19.4 Å². The molecule has 0 aliphatic heterocycles. The second-order valence-electron chi connectivity index (χ2n) is 6.63. The number of benzene rings is 2. The van der Waals surface area contributed by atoms with Gasteiger partial charge in [-0.25, -0.2) is 0 Å². The second-order valence-corrected chi connectivity index (χ2v) is 10.8. The van der Waals surface area contributed by atoms with Crippen LogP contribution in [0.15, 0.2) is 47.4 Å². The van der Waals surface area contributed by atoms with Gasteiger partial charge < -0.3 is 10.00 Å². The molecule has 2 atom stereocenters. The highest BCUT2D eigenvalue weighted by molar-refractivity contribution is 8.05. The van der Waals surface area contributed by atoms with Gasteiger partial charge in [0.2, 0.25) is 7.37 Å². The Morgan fingerprint density at radius 2 is 1.83 bits per heavy atom. The third-order valence-electron chi connectivity index (χ3n) is 4.18. The standard InChI is InChI=1S/C18H23O4PS/c1-13(2)11-18(3,17(19)20)23(21,22)12-24-16-10-6-8-14-7-4-5-9-15(14)16/h4-10,13H,11-12H2,1-3H3,(H,19,20)(H,21,22). The number of thioether (sulfide) groups is 1. The van der Waals surface area contributed by atoms with Crippen molar-refractivity contribution in [2.75, 3.05) is 5.49 Å². The molecule has 130 valence electrons. The monoisotopic (exact) mass is 366 g/mol. The third kappa shape index (κ3) is 3.85. The average molecular weight is 366 g/mol. The highest BCUT2D eigenvalue weighted by Gasteiger charge is 2.49. The molecule has 0 aromatic heterocycles. The van der Waals surface area contributed by atoms with Crippen LogP contribution in [0, 0.1) is 5.92 Å². The van der Waals surface area contributed by atoms with Gasteiger partial charge in [0.25, 0.3) is 0 Å². The van der Waals surface area contributed by atoms with Crippen LogP contribution < -0.4 is 0 Å². The quantitative estimate of drug-likeness (QED) is 0.530. The molecule has 2 N–H and O–H groups in total. The second kappa shape index (κ2) is 7.30. The summed E-state index contributed by atoms with van der Waals surface area (Å²) in [4.78, 5) is 23.1. The highest BCUT2D eigenvalue weighted by Crippen LogP contribution is 2.60. The molecule has 0 amide bonds. The van der Waals surface area contributed by atoms with Crippen molar-refractivity contribution in [3.05, 3.63) is 42.5 Å². The van der Waals surface area contributed by atoms with E-state index >= 15 is 0 Å². The number of hydrogen-bond donors (Lipinski definition) is 2. The Kier molecular flexibility index (Phi) is 5.79. The van der Waals surface area contributed by atoms with Crippen LogP contribution in [-0.2, 0) is 9.36 Å². The van der Waals surface area contributed by atoms with Gasteiger partial charge in [-0.15, -0.1) is 11.8 Å². The van der Waals surface area contributed by atoms with Crippen LogP contribution in [-0.4, -0.2) is 26.6 Å². The van der Waals surface area contributed by atoms with Gasteiger partial charge in [0.05, 0.1) is 5.49 Å². The highest BCUT2D eigenvalue weighted by atomic mass is 32.2. The van der Waals surface area contributed by atoms with Crippen molar-refractivity contribution in [3.8, 4) is 0 Å². The summed E-state index contributed by atoms with van der Waals surface area (Å²) < 4.78 is 12.9. The minimum absolute atomic E-state index is 0.0223. The van der Waals surface area contributed by atoms with Crippen LogP contribution in [0.3, 0.4) is 0 Å². The Balaban J connectivity index is 2.28. The molecule has 0 aliphatic rings. The number of aliphatic carboxylic acids is 1. The van der Waals surface area contributed by atoms with Crippen molar-refractivity contribution in [1.29, 1.82) is 0 Å². The van der Waals surface area contributed by atoms with Gasteiger partial charge in [0, 0.05) is 4.90 Å². The lowest BCUT2D eigenvalue weighted by Gasteiger charge is -2.31. The first-order chi connectivity index (χ1) is 11.2. The van der Waals surface area contributed by atoms with E-state index in [1.165, 1.54) is 18.7 Å². The molecule has 0 saturated carbocycles. The van der Waals surface area contributed by atoms with Gasteiger partial charge in [0.1, 0.15) is 5.16 Å². The average Bonchev–Trinajstić information content (AvgIpc) is 2.51. The molecule has 24 heavy (non-hydrogen) atoms. The molecular formula is C18H23O4PS. The summed E-state index contributed by atoms with van der Waals surface area (Å²) in [7, 11) is -3.90. The maximum Gasteiger partial charge on any atom is 0.319 e. The van der Waals surface area contributed by atoms with Gasteiger partial charge in [-0.3, -0.25) is 9.36 Å². The van der Waals surface area contributed by atoms with E-state index in [0.717, 1.165) is 15.7 Å². The molecular weight excluding hydrogens is 343 g/mol. The molecule has 0 bridgehead atoms. The fourth-order valence-electron chi connectivity index (χ4n) is 2.80. The topological polar surface area (TPSA) is 74.6 Å². The van der Waals surface area contributed by atoms with Crippen molar-refractivity contribution >= 4 is 35.9 Å². The van der Waals surface area contributed by atoms with Gasteiger partial charge in [-0.2, -0.15) is 0 Å². The van der Waals surface area contributed by atoms with E-state index in [4.69, 9.17) is 0 Å². The fraction of sp³-hybridized carbons (Fsp3) is 0.389. The van der Waals surface area contributed by atoms with Crippen LogP contribution in [0.5, 0.6) is 0 Å². The van der Waals surface area contributed by atoms with E-state index < -0.39 is 18.5 Å². The van der Waals surface area contributed by atoms with Gasteiger partial charge in [-0.05, 0) is 36.1 Å². The van der Waals surface area contributed by atoms with E-state index in [2.05, 4.69) is 0 Å². The first-order valence-corrected chi connectivity index (χ1v) is 10.7. The zero-order valence-corrected chi connectivity index (χ0v) is 15.8. The number of fused-ring (bicyclic) bond motifs is 1. The Morgan fingerprint density at radius 3 is 2.46 bits per heavy atom. The van der Waals surface area contributed by atoms with E-state index in [-0.39, 0.29) is 17.8 Å². The van der Waals surface area contributed by atoms with Crippen LogP contribution >= 0.6 is 19.1 Å². The first kappa shape index (κ1) is 19.0. The van der Waals surface area contributed by atoms with Crippen molar-refractivity contribution in [1.82, 2.24) is 0 Å². The Labute approximate surface area is 146 Å². The largest absolute Gasteiger partial charge is 0.480 e. The van der Waals surface area contributed by atoms with Crippen molar-refractivity contribution in [3.63, 3.8) is 0 Å². The van der Waals surface area contributed by atoms with E-state index in [0.29, 0.717) is 0 Å². The zero-order valence-electron chi connectivity index (χ0n) is 14.1. The number of hydrogen-bond acceptors (Lipinski definition) is 3.